The number of rotatable bonds is 6. The van der Waals surface area contributed by atoms with Crippen LogP contribution in [0.2, 0.25) is 0 Å². The highest BCUT2D eigenvalue weighted by molar-refractivity contribution is 5.93. The van der Waals surface area contributed by atoms with Gasteiger partial charge in [0.25, 0.3) is 5.88 Å². The van der Waals surface area contributed by atoms with Gasteiger partial charge in [-0.2, -0.15) is 5.10 Å². The Hall–Kier alpha value is -3.60. The molecule has 0 aromatic carbocycles. The van der Waals surface area contributed by atoms with Crippen LogP contribution in [-0.4, -0.2) is 68.2 Å². The zero-order valence-corrected chi connectivity index (χ0v) is 19.3. The van der Waals surface area contributed by atoms with Gasteiger partial charge in [-0.25, -0.2) is 9.31 Å². The number of morpholine rings is 1. The largest absolute Gasteiger partial charge is 0.473 e. The average Bonchev–Trinajstić information content (AvgIpc) is 3.46. The molecule has 3 aromatic heterocycles. The summed E-state index contributed by atoms with van der Waals surface area (Å²) < 4.78 is 18.8. The number of anilines is 1. The van der Waals surface area contributed by atoms with Gasteiger partial charge in [-0.05, 0) is 56.5 Å². The fourth-order valence-electron chi connectivity index (χ4n) is 4.10. The van der Waals surface area contributed by atoms with E-state index < -0.39 is 17.7 Å². The molecule has 0 spiro atoms. The number of carbonyl (C=O) groups excluding carboxylic acids is 1. The average molecular weight is 469 g/mol. The third kappa shape index (κ3) is 4.43. The maximum atomic E-state index is 12.1. The van der Waals surface area contributed by atoms with Gasteiger partial charge in [0.1, 0.15) is 12.4 Å². The number of aryl methyl sites for hydroxylation is 1. The molecule has 1 aliphatic carbocycles. The highest BCUT2D eigenvalue weighted by Crippen LogP contribution is 2.34. The van der Waals surface area contributed by atoms with Crippen molar-refractivity contribution in [1.29, 1.82) is 0 Å². The fraction of sp³-hybridized carbons (Fsp3) is 0.478. The van der Waals surface area contributed by atoms with E-state index in [0.29, 0.717) is 17.1 Å². The Labute approximate surface area is 195 Å². The normalized spacial score (nSPS) is 19.9. The molecule has 34 heavy (non-hydrogen) atoms. The Morgan fingerprint density at radius 1 is 1.32 bits per heavy atom. The molecule has 1 aliphatic heterocycles. The van der Waals surface area contributed by atoms with Crippen LogP contribution in [0.15, 0.2) is 28.9 Å². The summed E-state index contributed by atoms with van der Waals surface area (Å²) in [5, 5.41) is 20.9. The lowest BCUT2D eigenvalue weighted by atomic mass is 10.1. The number of fused-ring (bicyclic) bond motifs is 1. The van der Waals surface area contributed by atoms with Gasteiger partial charge in [-0.3, -0.25) is 9.69 Å². The van der Waals surface area contributed by atoms with Crippen molar-refractivity contribution in [2.45, 2.75) is 45.3 Å². The number of carboxylic acid groups (broad SMARTS) is 1. The second kappa shape index (κ2) is 8.32. The van der Waals surface area contributed by atoms with Gasteiger partial charge in [0.05, 0.1) is 35.9 Å². The first-order valence-corrected chi connectivity index (χ1v) is 11.2. The summed E-state index contributed by atoms with van der Waals surface area (Å²) in [4.78, 5) is 25.1. The standard InChI is InChI=1S/C23H27N5O6/c1-13-19(15-6-7-28-16(8-15)9-18(25-28)24-20(29)14-4-5-14)21(26-34-13)32-10-17-11-33-23(2,3)12-27(17)22(30)31/h6-9,14,17H,4-5,10-12H2,1-3H3,(H,30,31)(H,24,25,29). The molecule has 1 atom stereocenters. The molecule has 2 amide bonds. The van der Waals surface area contributed by atoms with Crippen LogP contribution in [0.5, 0.6) is 5.88 Å². The van der Waals surface area contributed by atoms with Crippen LogP contribution in [0, 0.1) is 12.8 Å². The molecule has 180 valence electrons. The number of ether oxygens (including phenoxy) is 2. The number of nitrogens with one attached hydrogen (secondary N) is 1. The van der Waals surface area contributed by atoms with E-state index in [0.717, 1.165) is 23.9 Å². The summed E-state index contributed by atoms with van der Waals surface area (Å²) >= 11 is 0. The molecule has 0 bridgehead atoms. The zero-order chi connectivity index (χ0) is 24.0. The van der Waals surface area contributed by atoms with E-state index >= 15 is 0 Å². The van der Waals surface area contributed by atoms with Gasteiger partial charge in [-0.15, -0.1) is 0 Å². The molecule has 11 heteroatoms. The molecular weight excluding hydrogens is 442 g/mol. The smallest absolute Gasteiger partial charge is 0.407 e. The Balaban J connectivity index is 1.34. The molecule has 2 aliphatic rings. The lowest BCUT2D eigenvalue weighted by Gasteiger charge is -2.41. The number of pyridine rings is 1. The van der Waals surface area contributed by atoms with Gasteiger partial charge in [-0.1, -0.05) is 0 Å². The van der Waals surface area contributed by atoms with E-state index in [2.05, 4.69) is 15.6 Å². The fourth-order valence-corrected chi connectivity index (χ4v) is 4.10. The van der Waals surface area contributed by atoms with Gasteiger partial charge in [0.15, 0.2) is 5.82 Å². The van der Waals surface area contributed by atoms with Gasteiger partial charge >= 0.3 is 6.09 Å². The summed E-state index contributed by atoms with van der Waals surface area (Å²) in [5.74, 6) is 1.44. The Morgan fingerprint density at radius 2 is 2.12 bits per heavy atom. The maximum absolute atomic E-state index is 12.1. The third-order valence-corrected chi connectivity index (χ3v) is 6.10. The SMILES string of the molecule is Cc1onc(OCC2COC(C)(C)CN2C(=O)O)c1-c1ccn2nc(NC(=O)C3CC3)cc2c1. The summed E-state index contributed by atoms with van der Waals surface area (Å²) in [6.07, 6.45) is 2.62. The van der Waals surface area contributed by atoms with E-state index in [1.54, 1.807) is 23.7 Å². The number of nitrogens with zero attached hydrogens (tertiary/aromatic N) is 4. The summed E-state index contributed by atoms with van der Waals surface area (Å²) in [5.41, 5.74) is 1.71. The van der Waals surface area contributed by atoms with Crippen molar-refractivity contribution in [2.75, 3.05) is 25.1 Å². The summed E-state index contributed by atoms with van der Waals surface area (Å²) in [7, 11) is 0. The van der Waals surface area contributed by atoms with E-state index in [-0.39, 0.29) is 37.5 Å². The molecule has 4 heterocycles. The van der Waals surface area contributed by atoms with Gasteiger partial charge in [0, 0.05) is 18.2 Å². The lowest BCUT2D eigenvalue weighted by Crippen LogP contribution is -2.57. The minimum absolute atomic E-state index is 0.000297. The first-order chi connectivity index (χ1) is 16.2. The molecule has 1 unspecified atom stereocenters. The molecule has 2 fully saturated rings. The maximum Gasteiger partial charge on any atom is 0.407 e. The molecule has 0 radical (unpaired) electrons. The molecule has 3 aromatic rings. The van der Waals surface area contributed by atoms with Gasteiger partial charge in [0.2, 0.25) is 5.91 Å². The minimum Gasteiger partial charge on any atom is -0.473 e. The van der Waals surface area contributed by atoms with Crippen molar-refractivity contribution in [3.63, 3.8) is 0 Å². The summed E-state index contributed by atoms with van der Waals surface area (Å²) in [6.45, 7) is 6.05. The number of hydrogen-bond donors (Lipinski definition) is 2. The Kier molecular flexibility index (Phi) is 5.43. The van der Waals surface area contributed by atoms with Crippen LogP contribution in [0.3, 0.4) is 0 Å². The van der Waals surface area contributed by atoms with Crippen molar-refractivity contribution in [2.24, 2.45) is 5.92 Å². The minimum atomic E-state index is -1.02. The first-order valence-electron chi connectivity index (χ1n) is 11.2. The first kappa shape index (κ1) is 22.2. The number of amides is 2. The Bertz CT molecular complexity index is 1240. The lowest BCUT2D eigenvalue weighted by molar-refractivity contribution is -0.117. The van der Waals surface area contributed by atoms with Crippen LogP contribution in [0.25, 0.3) is 16.6 Å². The predicted molar refractivity (Wildman–Crippen MR) is 121 cm³/mol. The highest BCUT2D eigenvalue weighted by Gasteiger charge is 2.37. The van der Waals surface area contributed by atoms with Crippen LogP contribution in [0.1, 0.15) is 32.4 Å². The van der Waals surface area contributed by atoms with Crippen molar-refractivity contribution in [3.8, 4) is 17.0 Å². The van der Waals surface area contributed by atoms with Crippen LogP contribution < -0.4 is 10.1 Å². The quantitative estimate of drug-likeness (QED) is 0.563. The van der Waals surface area contributed by atoms with Crippen LogP contribution >= 0.6 is 0 Å². The van der Waals surface area contributed by atoms with Crippen molar-refractivity contribution >= 4 is 23.3 Å². The zero-order valence-electron chi connectivity index (χ0n) is 19.3. The molecule has 1 saturated heterocycles. The van der Waals surface area contributed by atoms with E-state index in [1.807, 2.05) is 26.0 Å². The molecule has 11 nitrogen and oxygen atoms in total. The van der Waals surface area contributed by atoms with Gasteiger partial charge < -0.3 is 24.4 Å². The molecule has 2 N–H and O–H groups in total. The second-order valence-electron chi connectivity index (χ2n) is 9.44. The number of aromatic nitrogens is 3. The second-order valence-corrected chi connectivity index (χ2v) is 9.44. The van der Waals surface area contributed by atoms with Crippen molar-refractivity contribution in [1.82, 2.24) is 19.7 Å². The Morgan fingerprint density at radius 3 is 2.85 bits per heavy atom. The summed E-state index contributed by atoms with van der Waals surface area (Å²) in [6, 6.07) is 5.10. The monoisotopic (exact) mass is 469 g/mol. The van der Waals surface area contributed by atoms with E-state index in [1.165, 1.54) is 4.90 Å². The molecule has 5 rings (SSSR count). The van der Waals surface area contributed by atoms with Crippen LogP contribution in [-0.2, 0) is 9.53 Å². The predicted octanol–water partition coefficient (Wildman–Crippen LogP) is 3.18. The van der Waals surface area contributed by atoms with E-state index in [9.17, 15) is 14.7 Å². The number of hydrogen-bond acceptors (Lipinski definition) is 7. The molecule has 1 saturated carbocycles. The molecular formula is C23H27N5O6. The third-order valence-electron chi connectivity index (χ3n) is 6.10. The number of carbonyl (C=O) groups is 2. The van der Waals surface area contributed by atoms with Crippen LogP contribution in [0.4, 0.5) is 10.6 Å². The topological polar surface area (TPSA) is 131 Å². The highest BCUT2D eigenvalue weighted by atomic mass is 16.5. The van der Waals surface area contributed by atoms with Crippen molar-refractivity contribution < 1.29 is 28.7 Å². The van der Waals surface area contributed by atoms with Crippen molar-refractivity contribution in [3.05, 3.63) is 30.2 Å². The van der Waals surface area contributed by atoms with E-state index in [4.69, 9.17) is 14.0 Å².